The Kier molecular flexibility index (Phi) is 5.43. The van der Waals surface area contributed by atoms with Crippen molar-refractivity contribution in [3.05, 3.63) is 35.5 Å². The molecule has 1 N–H and O–H groups in total. The smallest absolute Gasteiger partial charge is 0.237 e. The molecule has 8 heteroatoms. The van der Waals surface area contributed by atoms with Gasteiger partial charge in [0.05, 0.1) is 5.69 Å². The van der Waals surface area contributed by atoms with Gasteiger partial charge < -0.3 is 10.2 Å². The van der Waals surface area contributed by atoms with Gasteiger partial charge in [-0.25, -0.2) is 15.0 Å². The van der Waals surface area contributed by atoms with Gasteiger partial charge in [-0.2, -0.15) is 0 Å². The van der Waals surface area contributed by atoms with E-state index in [2.05, 4.69) is 25.3 Å². The summed E-state index contributed by atoms with van der Waals surface area (Å²) in [5.74, 6) is 1.46. The van der Waals surface area contributed by atoms with Crippen molar-refractivity contribution in [2.24, 2.45) is 0 Å². The second kappa shape index (κ2) is 7.74. The van der Waals surface area contributed by atoms with E-state index in [0.717, 1.165) is 29.9 Å². The number of aromatic nitrogens is 4. The van der Waals surface area contributed by atoms with Crippen LogP contribution in [0.15, 0.2) is 18.5 Å². The van der Waals surface area contributed by atoms with E-state index in [-0.39, 0.29) is 17.7 Å². The van der Waals surface area contributed by atoms with Crippen molar-refractivity contribution in [3.8, 4) is 0 Å². The number of carbonyl (C=O) groups is 1. The first-order valence-corrected chi connectivity index (χ1v) is 8.84. The van der Waals surface area contributed by atoms with Crippen LogP contribution in [0.3, 0.4) is 0 Å². The van der Waals surface area contributed by atoms with Gasteiger partial charge in [0.2, 0.25) is 11.9 Å². The molecule has 1 aliphatic rings. The van der Waals surface area contributed by atoms with E-state index in [0.29, 0.717) is 24.9 Å². The molecule has 0 saturated carbocycles. The van der Waals surface area contributed by atoms with Crippen LogP contribution in [0.5, 0.6) is 0 Å². The summed E-state index contributed by atoms with van der Waals surface area (Å²) in [6.07, 6.45) is 5.02. The number of nitrogens with one attached hydrogen (secondary N) is 1. The van der Waals surface area contributed by atoms with E-state index < -0.39 is 0 Å². The lowest BCUT2D eigenvalue weighted by atomic mass is 9.93. The summed E-state index contributed by atoms with van der Waals surface area (Å²) in [5.41, 5.74) is 2.69. The molecule has 1 aliphatic heterocycles. The average molecular weight is 361 g/mol. The Bertz CT molecular complexity index is 740. The van der Waals surface area contributed by atoms with Crippen molar-refractivity contribution in [2.45, 2.75) is 32.6 Å². The quantitative estimate of drug-likeness (QED) is 0.843. The van der Waals surface area contributed by atoms with Crippen molar-refractivity contribution >= 4 is 29.3 Å². The predicted molar refractivity (Wildman–Crippen MR) is 96.1 cm³/mol. The van der Waals surface area contributed by atoms with Gasteiger partial charge in [-0.15, -0.1) is 11.6 Å². The van der Waals surface area contributed by atoms with Crippen LogP contribution in [-0.2, 0) is 4.79 Å². The number of halogens is 1. The number of piperidine rings is 1. The monoisotopic (exact) mass is 360 g/mol. The maximum atomic E-state index is 11.7. The molecule has 1 saturated heterocycles. The van der Waals surface area contributed by atoms with Crippen molar-refractivity contribution < 1.29 is 4.79 Å². The normalized spacial score (nSPS) is 15.2. The number of rotatable bonds is 4. The topological polar surface area (TPSA) is 83.9 Å². The molecule has 3 heterocycles. The maximum absolute atomic E-state index is 11.7. The molecule has 0 unspecified atom stereocenters. The number of aryl methyl sites for hydroxylation is 2. The van der Waals surface area contributed by atoms with E-state index in [1.54, 1.807) is 17.3 Å². The van der Waals surface area contributed by atoms with Gasteiger partial charge in [-0.1, -0.05) is 0 Å². The van der Waals surface area contributed by atoms with Gasteiger partial charge >= 0.3 is 0 Å². The molecule has 25 heavy (non-hydrogen) atoms. The van der Waals surface area contributed by atoms with E-state index in [1.807, 2.05) is 19.9 Å². The van der Waals surface area contributed by atoms with Crippen LogP contribution in [0.1, 0.15) is 35.8 Å². The number of hydrogen-bond acceptors (Lipinski definition) is 6. The summed E-state index contributed by atoms with van der Waals surface area (Å²) in [6, 6.07) is 1.92. The number of carbonyl (C=O) groups excluding carboxylic acids is 1. The lowest BCUT2D eigenvalue weighted by Gasteiger charge is -2.31. The molecule has 0 spiro atoms. The Hall–Kier alpha value is -2.28. The molecule has 0 bridgehead atoms. The minimum atomic E-state index is -0.0127. The molecule has 0 atom stereocenters. The van der Waals surface area contributed by atoms with Crippen LogP contribution >= 0.6 is 11.6 Å². The zero-order valence-electron chi connectivity index (χ0n) is 14.4. The highest BCUT2D eigenvalue weighted by molar-refractivity contribution is 6.27. The van der Waals surface area contributed by atoms with Crippen LogP contribution < -0.4 is 5.32 Å². The van der Waals surface area contributed by atoms with Gasteiger partial charge in [0.25, 0.3) is 0 Å². The Morgan fingerprint density at radius 1 is 1.20 bits per heavy atom. The maximum Gasteiger partial charge on any atom is 0.237 e. The third-order valence-electron chi connectivity index (χ3n) is 4.29. The predicted octanol–water partition coefficient (Wildman–Crippen LogP) is 2.57. The number of likely N-dealkylation sites (tertiary alicyclic amines) is 1. The second-order valence-electron chi connectivity index (χ2n) is 6.18. The van der Waals surface area contributed by atoms with E-state index in [1.165, 1.54) is 0 Å². The largest absolute Gasteiger partial charge is 0.342 e. The molecule has 7 nitrogen and oxygen atoms in total. The number of hydrogen-bond donors (Lipinski definition) is 1. The van der Waals surface area contributed by atoms with Gasteiger partial charge in [0.1, 0.15) is 5.88 Å². The molecular formula is C17H21ClN6O. The summed E-state index contributed by atoms with van der Waals surface area (Å²) in [6.45, 7) is 5.24. The summed E-state index contributed by atoms with van der Waals surface area (Å²) in [7, 11) is 0. The first kappa shape index (κ1) is 17.5. The lowest BCUT2D eigenvalue weighted by Crippen LogP contribution is -2.38. The van der Waals surface area contributed by atoms with Crippen LogP contribution in [0, 0.1) is 13.8 Å². The van der Waals surface area contributed by atoms with Crippen molar-refractivity contribution in [1.82, 2.24) is 24.8 Å². The van der Waals surface area contributed by atoms with E-state index in [9.17, 15) is 4.79 Å². The minimum absolute atomic E-state index is 0.0127. The summed E-state index contributed by atoms with van der Waals surface area (Å²) < 4.78 is 0. The zero-order valence-corrected chi connectivity index (χ0v) is 15.1. The van der Waals surface area contributed by atoms with Gasteiger partial charge in [-0.3, -0.25) is 9.78 Å². The number of nitrogens with zero attached hydrogens (tertiary/aromatic N) is 5. The van der Waals surface area contributed by atoms with Crippen molar-refractivity contribution in [1.29, 1.82) is 0 Å². The molecule has 0 aliphatic carbocycles. The molecule has 3 rings (SSSR count). The SMILES string of the molecule is Cc1cc(C)nc(Nc2nccnc2C2CCN(C(=O)CCl)CC2)n1. The van der Waals surface area contributed by atoms with Crippen LogP contribution in [0.4, 0.5) is 11.8 Å². The first-order valence-electron chi connectivity index (χ1n) is 8.30. The Morgan fingerprint density at radius 3 is 2.48 bits per heavy atom. The Morgan fingerprint density at radius 2 is 1.84 bits per heavy atom. The summed E-state index contributed by atoms with van der Waals surface area (Å²) >= 11 is 5.64. The third kappa shape index (κ3) is 4.22. The molecule has 2 aromatic rings. The fourth-order valence-electron chi connectivity index (χ4n) is 3.12. The summed E-state index contributed by atoms with van der Waals surface area (Å²) in [5, 5.41) is 3.20. The van der Waals surface area contributed by atoms with Gasteiger partial charge in [0, 0.05) is 42.8 Å². The number of anilines is 2. The molecular weight excluding hydrogens is 340 g/mol. The summed E-state index contributed by atoms with van der Waals surface area (Å²) in [4.78, 5) is 31.3. The van der Waals surface area contributed by atoms with Crippen LogP contribution in [0.25, 0.3) is 0 Å². The number of alkyl halides is 1. The highest BCUT2D eigenvalue weighted by atomic mass is 35.5. The van der Waals surface area contributed by atoms with Crippen molar-refractivity contribution in [2.75, 3.05) is 24.3 Å². The van der Waals surface area contributed by atoms with Crippen LogP contribution in [-0.4, -0.2) is 49.7 Å². The fraction of sp³-hybridized carbons (Fsp3) is 0.471. The molecule has 1 amide bonds. The molecule has 132 valence electrons. The van der Waals surface area contributed by atoms with E-state index in [4.69, 9.17) is 11.6 Å². The molecule has 1 fully saturated rings. The Balaban J connectivity index is 1.76. The molecule has 0 radical (unpaired) electrons. The van der Waals surface area contributed by atoms with Gasteiger partial charge in [-0.05, 0) is 32.8 Å². The molecule has 0 aromatic carbocycles. The zero-order chi connectivity index (χ0) is 17.8. The third-order valence-corrected chi connectivity index (χ3v) is 4.52. The highest BCUT2D eigenvalue weighted by Gasteiger charge is 2.26. The average Bonchev–Trinajstić information content (AvgIpc) is 2.61. The van der Waals surface area contributed by atoms with Gasteiger partial charge in [0.15, 0.2) is 5.82 Å². The highest BCUT2D eigenvalue weighted by Crippen LogP contribution is 2.31. The lowest BCUT2D eigenvalue weighted by molar-refractivity contribution is -0.129. The first-order chi connectivity index (χ1) is 12.1. The minimum Gasteiger partial charge on any atom is -0.342 e. The molecule has 2 aromatic heterocycles. The second-order valence-corrected chi connectivity index (χ2v) is 6.45. The standard InChI is InChI=1S/C17H21ClN6O/c1-11-9-12(2)22-17(21-11)23-16-15(19-5-6-20-16)13-3-7-24(8-4-13)14(25)10-18/h5-6,9,13H,3-4,7-8,10H2,1-2H3,(H,20,21,22,23). The van der Waals surface area contributed by atoms with Crippen LogP contribution in [0.2, 0.25) is 0 Å². The van der Waals surface area contributed by atoms with Crippen molar-refractivity contribution in [3.63, 3.8) is 0 Å². The fourth-order valence-corrected chi connectivity index (χ4v) is 3.29. The number of amides is 1. The van der Waals surface area contributed by atoms with E-state index >= 15 is 0 Å². The Labute approximate surface area is 151 Å².